The number of nitrogens with zero attached hydrogens (tertiary/aromatic N) is 1. The molecular weight excluding hydrogens is 314 g/mol. The van der Waals surface area contributed by atoms with E-state index in [4.69, 9.17) is 4.74 Å². The third-order valence-corrected chi connectivity index (χ3v) is 5.86. The molecule has 1 aliphatic carbocycles. The van der Waals surface area contributed by atoms with Crippen molar-refractivity contribution in [2.24, 2.45) is 5.41 Å². The van der Waals surface area contributed by atoms with Gasteiger partial charge in [0.05, 0.1) is 17.1 Å². The number of hydrogen-bond acceptors (Lipinski definition) is 3. The second-order valence-corrected chi connectivity index (χ2v) is 7.96. The zero-order valence-electron chi connectivity index (χ0n) is 15.5. The molecule has 1 amide bonds. The van der Waals surface area contributed by atoms with Crippen molar-refractivity contribution in [2.75, 3.05) is 11.4 Å². The normalized spacial score (nSPS) is 29.5. The van der Waals surface area contributed by atoms with Gasteiger partial charge in [-0.25, -0.2) is 0 Å². The molecule has 4 nitrogen and oxygen atoms in total. The summed E-state index contributed by atoms with van der Waals surface area (Å²) in [5.74, 6) is 1.03. The number of carbonyl (C=O) groups excluding carboxylic acids is 1. The van der Waals surface area contributed by atoms with Gasteiger partial charge >= 0.3 is 0 Å². The minimum absolute atomic E-state index is 0.136. The molecular formula is C21H29NO3. The molecule has 136 valence electrons. The summed E-state index contributed by atoms with van der Waals surface area (Å²) in [4.78, 5) is 15.0. The van der Waals surface area contributed by atoms with Crippen LogP contribution < -0.4 is 9.64 Å². The summed E-state index contributed by atoms with van der Waals surface area (Å²) in [7, 11) is 0. The maximum atomic E-state index is 13.1. The van der Waals surface area contributed by atoms with E-state index in [0.29, 0.717) is 12.8 Å². The number of aliphatic hydroxyl groups is 1. The Hall–Kier alpha value is -1.81. The van der Waals surface area contributed by atoms with Crippen molar-refractivity contribution < 1.29 is 14.6 Å². The lowest BCUT2D eigenvalue weighted by Crippen LogP contribution is -2.43. The second kappa shape index (κ2) is 6.49. The molecule has 0 aromatic heterocycles. The van der Waals surface area contributed by atoms with E-state index in [2.05, 4.69) is 6.58 Å². The molecule has 25 heavy (non-hydrogen) atoms. The van der Waals surface area contributed by atoms with Crippen LogP contribution in [-0.4, -0.2) is 29.3 Å². The highest BCUT2D eigenvalue weighted by atomic mass is 16.5. The van der Waals surface area contributed by atoms with Crippen LogP contribution in [0.4, 0.5) is 5.69 Å². The van der Waals surface area contributed by atoms with Crippen LogP contribution in [0.3, 0.4) is 0 Å². The van der Waals surface area contributed by atoms with Crippen molar-refractivity contribution in [3.63, 3.8) is 0 Å². The lowest BCUT2D eigenvalue weighted by atomic mass is 9.66. The molecule has 1 N–H and O–H groups in total. The standard InChI is InChI=1S/C21H29NO3/c1-15(2)21(24)11-9-20(10-12-21)13-14-22(19(20)23)17-5-7-18(8-6-17)25-16(3)4/h5-8,16,24H,1,9-14H2,2-4H3. The Labute approximate surface area is 150 Å². The number of rotatable bonds is 4. The molecule has 1 heterocycles. The van der Waals surface area contributed by atoms with Crippen molar-refractivity contribution in [3.05, 3.63) is 36.4 Å². The minimum atomic E-state index is -0.797. The number of amides is 1. The first kappa shape index (κ1) is 18.0. The second-order valence-electron chi connectivity index (χ2n) is 7.96. The predicted molar refractivity (Wildman–Crippen MR) is 99.8 cm³/mol. The van der Waals surface area contributed by atoms with Gasteiger partial charge in [0.15, 0.2) is 0 Å². The number of anilines is 1. The maximum Gasteiger partial charge on any atom is 0.233 e. The lowest BCUT2D eigenvalue weighted by molar-refractivity contribution is -0.129. The smallest absolute Gasteiger partial charge is 0.233 e. The molecule has 3 rings (SSSR count). The van der Waals surface area contributed by atoms with Gasteiger partial charge in [-0.05, 0) is 82.7 Å². The highest BCUT2D eigenvalue weighted by molar-refractivity contribution is 6.00. The summed E-state index contributed by atoms with van der Waals surface area (Å²) in [6.45, 7) is 10.5. The summed E-state index contributed by atoms with van der Waals surface area (Å²) in [5.41, 5.74) is 0.632. The van der Waals surface area contributed by atoms with Crippen LogP contribution in [-0.2, 0) is 4.79 Å². The van der Waals surface area contributed by atoms with Crippen LogP contribution in [0, 0.1) is 5.41 Å². The monoisotopic (exact) mass is 343 g/mol. The molecule has 0 bridgehead atoms. The zero-order chi connectivity index (χ0) is 18.2. The van der Waals surface area contributed by atoms with E-state index in [1.165, 1.54) is 0 Å². The minimum Gasteiger partial charge on any atom is -0.491 e. The van der Waals surface area contributed by atoms with Crippen molar-refractivity contribution in [2.45, 2.75) is 64.6 Å². The molecule has 2 aliphatic rings. The van der Waals surface area contributed by atoms with Crippen molar-refractivity contribution >= 4 is 11.6 Å². The van der Waals surface area contributed by atoms with E-state index in [9.17, 15) is 9.90 Å². The summed E-state index contributed by atoms with van der Waals surface area (Å²) in [5, 5.41) is 10.6. The number of benzene rings is 1. The fourth-order valence-corrected chi connectivity index (χ4v) is 4.08. The summed E-state index contributed by atoms with van der Waals surface area (Å²) >= 11 is 0. The van der Waals surface area contributed by atoms with Crippen LogP contribution in [0.2, 0.25) is 0 Å². The SMILES string of the molecule is C=C(C)C1(O)CCC2(CCN(c3ccc(OC(C)C)cc3)C2=O)CC1. The van der Waals surface area contributed by atoms with Crippen molar-refractivity contribution in [3.8, 4) is 5.75 Å². The van der Waals surface area contributed by atoms with Gasteiger partial charge in [-0.1, -0.05) is 6.58 Å². The van der Waals surface area contributed by atoms with E-state index in [1.54, 1.807) is 0 Å². The first-order valence-electron chi connectivity index (χ1n) is 9.23. The van der Waals surface area contributed by atoms with Gasteiger partial charge < -0.3 is 14.7 Å². The molecule has 1 saturated carbocycles. The molecule has 1 saturated heterocycles. The summed E-state index contributed by atoms with van der Waals surface area (Å²) < 4.78 is 5.67. The van der Waals surface area contributed by atoms with Crippen LogP contribution in [0.25, 0.3) is 0 Å². The van der Waals surface area contributed by atoms with E-state index < -0.39 is 5.60 Å². The van der Waals surface area contributed by atoms with Gasteiger partial charge in [0.25, 0.3) is 0 Å². The first-order valence-corrected chi connectivity index (χ1v) is 9.23. The Bertz CT molecular complexity index is 654. The van der Waals surface area contributed by atoms with Crippen molar-refractivity contribution in [1.82, 2.24) is 0 Å². The Kier molecular flexibility index (Phi) is 4.67. The van der Waals surface area contributed by atoms with Crippen LogP contribution in [0.15, 0.2) is 36.4 Å². The third-order valence-electron chi connectivity index (χ3n) is 5.86. The largest absolute Gasteiger partial charge is 0.491 e. The van der Waals surface area contributed by atoms with Crippen LogP contribution in [0.5, 0.6) is 5.75 Å². The molecule has 4 heteroatoms. The maximum absolute atomic E-state index is 13.1. The van der Waals surface area contributed by atoms with Crippen molar-refractivity contribution in [1.29, 1.82) is 0 Å². The first-order chi connectivity index (χ1) is 11.8. The van der Waals surface area contributed by atoms with Gasteiger partial charge in [0.1, 0.15) is 5.75 Å². The summed E-state index contributed by atoms with van der Waals surface area (Å²) in [6.07, 6.45) is 3.73. The van der Waals surface area contributed by atoms with Crippen LogP contribution >= 0.6 is 0 Å². The Morgan fingerprint density at radius 3 is 2.28 bits per heavy atom. The quantitative estimate of drug-likeness (QED) is 0.838. The molecule has 0 atom stereocenters. The molecule has 0 radical (unpaired) electrons. The highest BCUT2D eigenvalue weighted by Gasteiger charge is 2.51. The molecule has 1 aliphatic heterocycles. The molecule has 1 aromatic rings. The fraction of sp³-hybridized carbons (Fsp3) is 0.571. The van der Waals surface area contributed by atoms with Gasteiger partial charge in [0, 0.05) is 12.2 Å². The Morgan fingerprint density at radius 1 is 1.16 bits per heavy atom. The van der Waals surface area contributed by atoms with E-state index in [-0.39, 0.29) is 17.4 Å². The third kappa shape index (κ3) is 3.32. The van der Waals surface area contributed by atoms with Gasteiger partial charge in [-0.3, -0.25) is 4.79 Å². The van der Waals surface area contributed by atoms with Crippen LogP contribution in [0.1, 0.15) is 52.9 Å². The number of carbonyl (C=O) groups is 1. The lowest BCUT2D eigenvalue weighted by Gasteiger charge is -2.41. The van der Waals surface area contributed by atoms with Gasteiger partial charge in [-0.15, -0.1) is 0 Å². The predicted octanol–water partition coefficient (Wildman–Crippen LogP) is 4.08. The molecule has 2 fully saturated rings. The Balaban J connectivity index is 1.71. The topological polar surface area (TPSA) is 49.8 Å². The van der Waals surface area contributed by atoms with Gasteiger partial charge in [0.2, 0.25) is 5.91 Å². The van der Waals surface area contributed by atoms with E-state index >= 15 is 0 Å². The average molecular weight is 343 g/mol. The van der Waals surface area contributed by atoms with E-state index in [0.717, 1.165) is 42.8 Å². The molecule has 1 aromatic carbocycles. The number of ether oxygens (including phenoxy) is 1. The highest BCUT2D eigenvalue weighted by Crippen LogP contribution is 2.50. The fourth-order valence-electron chi connectivity index (χ4n) is 4.08. The molecule has 1 spiro atoms. The average Bonchev–Trinajstić information content (AvgIpc) is 2.88. The Morgan fingerprint density at radius 2 is 1.76 bits per heavy atom. The summed E-state index contributed by atoms with van der Waals surface area (Å²) in [6, 6.07) is 7.77. The number of hydrogen-bond donors (Lipinski definition) is 1. The van der Waals surface area contributed by atoms with Gasteiger partial charge in [-0.2, -0.15) is 0 Å². The van der Waals surface area contributed by atoms with E-state index in [1.807, 2.05) is 49.9 Å². The molecule has 0 unspecified atom stereocenters. The zero-order valence-corrected chi connectivity index (χ0v) is 15.5.